The third-order valence-corrected chi connectivity index (χ3v) is 3.60. The number of hydrogen-bond acceptors (Lipinski definition) is 3. The Kier molecular flexibility index (Phi) is 3.47. The third-order valence-electron chi connectivity index (χ3n) is 3.60. The van der Waals surface area contributed by atoms with Crippen LogP contribution in [0.4, 0.5) is 5.69 Å². The van der Waals surface area contributed by atoms with Gasteiger partial charge in [-0.1, -0.05) is 30.3 Å². The summed E-state index contributed by atoms with van der Waals surface area (Å²) in [6.45, 7) is 1.50. The van der Waals surface area contributed by atoms with Crippen LogP contribution in [0.5, 0.6) is 0 Å². The topological polar surface area (TPSA) is 42.1 Å². The number of rotatable bonds is 5. The standard InChI is InChI=1S/C16H19N3/c17-10-14-8-9-18-11-16(14)19(15-6-7-15)12-13-4-2-1-3-5-13/h1-5,8-9,11,15H,6-7,10,12,17H2. The Balaban J connectivity index is 1.89. The van der Waals surface area contributed by atoms with E-state index < -0.39 is 0 Å². The van der Waals surface area contributed by atoms with Crippen LogP contribution < -0.4 is 10.6 Å². The number of nitrogens with zero attached hydrogens (tertiary/aromatic N) is 2. The number of anilines is 1. The maximum absolute atomic E-state index is 5.85. The van der Waals surface area contributed by atoms with E-state index in [-0.39, 0.29) is 0 Å². The molecule has 1 fully saturated rings. The lowest BCUT2D eigenvalue weighted by Gasteiger charge is -2.26. The molecule has 1 heterocycles. The van der Waals surface area contributed by atoms with Crippen molar-refractivity contribution in [2.45, 2.75) is 32.0 Å². The molecule has 0 radical (unpaired) electrons. The van der Waals surface area contributed by atoms with E-state index in [1.54, 1.807) is 0 Å². The molecule has 3 heteroatoms. The van der Waals surface area contributed by atoms with E-state index in [0.29, 0.717) is 12.6 Å². The van der Waals surface area contributed by atoms with E-state index in [0.717, 1.165) is 6.54 Å². The first-order valence-corrected chi connectivity index (χ1v) is 6.82. The highest BCUT2D eigenvalue weighted by Crippen LogP contribution is 2.34. The highest BCUT2D eigenvalue weighted by atomic mass is 15.2. The molecular formula is C16H19N3. The summed E-state index contributed by atoms with van der Waals surface area (Å²) in [5, 5.41) is 0. The fourth-order valence-corrected chi connectivity index (χ4v) is 2.42. The number of nitrogens with two attached hydrogens (primary N) is 1. The lowest BCUT2D eigenvalue weighted by atomic mass is 10.1. The van der Waals surface area contributed by atoms with E-state index in [1.165, 1.54) is 29.7 Å². The zero-order chi connectivity index (χ0) is 13.1. The zero-order valence-corrected chi connectivity index (χ0v) is 11.0. The van der Waals surface area contributed by atoms with Crippen molar-refractivity contribution in [3.63, 3.8) is 0 Å². The minimum Gasteiger partial charge on any atom is -0.363 e. The Hall–Kier alpha value is -1.87. The number of aromatic nitrogens is 1. The predicted octanol–water partition coefficient (Wildman–Crippen LogP) is 2.71. The molecule has 0 atom stereocenters. The smallest absolute Gasteiger partial charge is 0.0603 e. The molecule has 1 aromatic heterocycles. The van der Waals surface area contributed by atoms with Gasteiger partial charge in [0.1, 0.15) is 0 Å². The molecule has 1 saturated carbocycles. The van der Waals surface area contributed by atoms with Gasteiger partial charge in [-0.25, -0.2) is 0 Å². The number of pyridine rings is 1. The van der Waals surface area contributed by atoms with Crippen LogP contribution in [0.2, 0.25) is 0 Å². The van der Waals surface area contributed by atoms with Crippen LogP contribution >= 0.6 is 0 Å². The maximum atomic E-state index is 5.85. The Labute approximate surface area is 114 Å². The first-order chi connectivity index (χ1) is 9.38. The average Bonchev–Trinajstić information content (AvgIpc) is 3.30. The van der Waals surface area contributed by atoms with E-state index in [2.05, 4.69) is 40.2 Å². The summed E-state index contributed by atoms with van der Waals surface area (Å²) in [5.41, 5.74) is 9.55. The second kappa shape index (κ2) is 5.41. The maximum Gasteiger partial charge on any atom is 0.0603 e. The molecule has 2 N–H and O–H groups in total. The zero-order valence-electron chi connectivity index (χ0n) is 11.0. The lowest BCUT2D eigenvalue weighted by Crippen LogP contribution is -2.26. The summed E-state index contributed by atoms with van der Waals surface area (Å²) in [6, 6.07) is 13.3. The molecule has 3 rings (SSSR count). The Morgan fingerprint density at radius 3 is 2.63 bits per heavy atom. The summed E-state index contributed by atoms with van der Waals surface area (Å²) < 4.78 is 0. The van der Waals surface area contributed by atoms with Crippen LogP contribution in [0.25, 0.3) is 0 Å². The van der Waals surface area contributed by atoms with Gasteiger partial charge in [0.05, 0.1) is 11.9 Å². The van der Waals surface area contributed by atoms with Crippen molar-refractivity contribution < 1.29 is 0 Å². The van der Waals surface area contributed by atoms with Gasteiger partial charge >= 0.3 is 0 Å². The summed E-state index contributed by atoms with van der Waals surface area (Å²) >= 11 is 0. The van der Waals surface area contributed by atoms with Crippen molar-refractivity contribution in [1.82, 2.24) is 4.98 Å². The fraction of sp³-hybridized carbons (Fsp3) is 0.312. The van der Waals surface area contributed by atoms with Crippen molar-refractivity contribution in [3.05, 3.63) is 59.9 Å². The van der Waals surface area contributed by atoms with E-state index in [1.807, 2.05) is 18.5 Å². The predicted molar refractivity (Wildman–Crippen MR) is 77.8 cm³/mol. The highest BCUT2D eigenvalue weighted by molar-refractivity contribution is 5.54. The molecule has 0 aliphatic heterocycles. The molecule has 0 amide bonds. The van der Waals surface area contributed by atoms with E-state index >= 15 is 0 Å². The Morgan fingerprint density at radius 2 is 1.95 bits per heavy atom. The highest BCUT2D eigenvalue weighted by Gasteiger charge is 2.30. The Bertz CT molecular complexity index is 535. The van der Waals surface area contributed by atoms with E-state index in [4.69, 9.17) is 5.73 Å². The van der Waals surface area contributed by atoms with Gasteiger partial charge in [0, 0.05) is 25.3 Å². The minimum atomic E-state index is 0.565. The Morgan fingerprint density at radius 1 is 1.16 bits per heavy atom. The SMILES string of the molecule is NCc1ccncc1N(Cc1ccccc1)C1CC1. The van der Waals surface area contributed by atoms with Gasteiger partial charge in [0.2, 0.25) is 0 Å². The molecule has 0 spiro atoms. The number of benzene rings is 1. The first-order valence-electron chi connectivity index (χ1n) is 6.82. The number of hydrogen-bond donors (Lipinski definition) is 1. The average molecular weight is 253 g/mol. The van der Waals surface area contributed by atoms with Crippen molar-refractivity contribution in [3.8, 4) is 0 Å². The van der Waals surface area contributed by atoms with Crippen LogP contribution in [0, 0.1) is 0 Å². The van der Waals surface area contributed by atoms with Crippen molar-refractivity contribution in [2.24, 2.45) is 5.73 Å². The molecule has 1 aliphatic carbocycles. The van der Waals surface area contributed by atoms with Crippen LogP contribution in [0.1, 0.15) is 24.0 Å². The van der Waals surface area contributed by atoms with Crippen molar-refractivity contribution >= 4 is 5.69 Å². The molecule has 1 aromatic carbocycles. The van der Waals surface area contributed by atoms with Crippen molar-refractivity contribution in [2.75, 3.05) is 4.90 Å². The minimum absolute atomic E-state index is 0.565. The molecule has 0 bridgehead atoms. The lowest BCUT2D eigenvalue weighted by molar-refractivity contribution is 0.783. The van der Waals surface area contributed by atoms with Gasteiger partial charge in [-0.05, 0) is 30.0 Å². The quantitative estimate of drug-likeness (QED) is 0.891. The van der Waals surface area contributed by atoms with Gasteiger partial charge in [-0.3, -0.25) is 4.98 Å². The molecular weight excluding hydrogens is 234 g/mol. The molecule has 2 aromatic rings. The van der Waals surface area contributed by atoms with Gasteiger partial charge < -0.3 is 10.6 Å². The molecule has 0 saturated heterocycles. The molecule has 19 heavy (non-hydrogen) atoms. The monoisotopic (exact) mass is 253 g/mol. The largest absolute Gasteiger partial charge is 0.363 e. The van der Waals surface area contributed by atoms with Crippen LogP contribution in [-0.4, -0.2) is 11.0 Å². The second-order valence-corrected chi connectivity index (χ2v) is 5.05. The normalized spacial score (nSPS) is 14.4. The molecule has 0 unspecified atom stereocenters. The van der Waals surface area contributed by atoms with Crippen LogP contribution in [0.15, 0.2) is 48.8 Å². The van der Waals surface area contributed by atoms with Gasteiger partial charge in [0.15, 0.2) is 0 Å². The molecule has 98 valence electrons. The molecule has 1 aliphatic rings. The summed E-state index contributed by atoms with van der Waals surface area (Å²) in [4.78, 5) is 6.72. The van der Waals surface area contributed by atoms with Crippen LogP contribution in [-0.2, 0) is 13.1 Å². The van der Waals surface area contributed by atoms with E-state index in [9.17, 15) is 0 Å². The fourth-order valence-electron chi connectivity index (χ4n) is 2.42. The van der Waals surface area contributed by atoms with Gasteiger partial charge in [-0.15, -0.1) is 0 Å². The summed E-state index contributed by atoms with van der Waals surface area (Å²) in [5.74, 6) is 0. The second-order valence-electron chi connectivity index (χ2n) is 5.05. The first kappa shape index (κ1) is 12.2. The van der Waals surface area contributed by atoms with Crippen molar-refractivity contribution in [1.29, 1.82) is 0 Å². The summed E-state index contributed by atoms with van der Waals surface area (Å²) in [6.07, 6.45) is 6.31. The molecule has 3 nitrogen and oxygen atoms in total. The summed E-state index contributed by atoms with van der Waals surface area (Å²) in [7, 11) is 0. The third kappa shape index (κ3) is 2.76. The van der Waals surface area contributed by atoms with Crippen LogP contribution in [0.3, 0.4) is 0 Å². The van der Waals surface area contributed by atoms with Gasteiger partial charge in [0.25, 0.3) is 0 Å². The van der Waals surface area contributed by atoms with Gasteiger partial charge in [-0.2, -0.15) is 0 Å².